The minimum absolute atomic E-state index is 0.178. The highest BCUT2D eigenvalue weighted by Gasteiger charge is 2.30. The first kappa shape index (κ1) is 21.6. The summed E-state index contributed by atoms with van der Waals surface area (Å²) < 4.78 is 23.5. The Hall–Kier alpha value is -4.27. The van der Waals surface area contributed by atoms with Crippen LogP contribution in [0.1, 0.15) is 28.2 Å². The van der Waals surface area contributed by atoms with Gasteiger partial charge < -0.3 is 28.8 Å². The standard InChI is InChI=1S/C25H22N2O7/c1-14-9-17(15(2)27(14)16-7-8-21-22(10-16)33-13-32-21)19(28)12-31-24(29)11-23-25(30)26-18-5-3-4-6-20(18)34-23/h3-10,23H,11-13H2,1-2H3,(H,26,30). The van der Waals surface area contributed by atoms with Gasteiger partial charge in [0.05, 0.1) is 12.1 Å². The van der Waals surface area contributed by atoms with Gasteiger partial charge in [-0.25, -0.2) is 0 Å². The molecule has 34 heavy (non-hydrogen) atoms. The third kappa shape index (κ3) is 3.96. The first-order chi connectivity index (χ1) is 16.4. The third-order valence-electron chi connectivity index (χ3n) is 5.77. The Morgan fingerprint density at radius 3 is 2.71 bits per heavy atom. The van der Waals surface area contributed by atoms with Crippen LogP contribution < -0.4 is 19.5 Å². The van der Waals surface area contributed by atoms with Crippen molar-refractivity contribution in [1.29, 1.82) is 0 Å². The molecule has 2 aliphatic heterocycles. The molecule has 0 bridgehead atoms. The predicted octanol–water partition coefficient (Wildman–Crippen LogP) is 3.34. The summed E-state index contributed by atoms with van der Waals surface area (Å²) in [7, 11) is 0. The number of para-hydroxylation sites is 2. The van der Waals surface area contributed by atoms with E-state index in [1.54, 1.807) is 30.3 Å². The number of hydrogen-bond donors (Lipinski definition) is 1. The molecule has 0 radical (unpaired) electrons. The van der Waals surface area contributed by atoms with E-state index in [9.17, 15) is 14.4 Å². The average Bonchev–Trinajstić information content (AvgIpc) is 3.41. The average molecular weight is 462 g/mol. The van der Waals surface area contributed by atoms with Crippen LogP contribution in [0.5, 0.6) is 17.2 Å². The van der Waals surface area contributed by atoms with Crippen molar-refractivity contribution in [3.63, 3.8) is 0 Å². The van der Waals surface area contributed by atoms with Crippen LogP contribution in [0.3, 0.4) is 0 Å². The number of fused-ring (bicyclic) bond motifs is 2. The van der Waals surface area contributed by atoms with Gasteiger partial charge >= 0.3 is 5.97 Å². The van der Waals surface area contributed by atoms with Gasteiger partial charge in [0.1, 0.15) is 5.75 Å². The fourth-order valence-corrected chi connectivity index (χ4v) is 4.13. The van der Waals surface area contributed by atoms with E-state index in [0.717, 1.165) is 11.4 Å². The van der Waals surface area contributed by atoms with Crippen molar-refractivity contribution in [1.82, 2.24) is 4.57 Å². The Kier molecular flexibility index (Phi) is 5.45. The van der Waals surface area contributed by atoms with Crippen molar-refractivity contribution in [3.05, 3.63) is 65.5 Å². The molecule has 0 saturated heterocycles. The van der Waals surface area contributed by atoms with Crippen LogP contribution >= 0.6 is 0 Å². The van der Waals surface area contributed by atoms with E-state index in [-0.39, 0.29) is 19.0 Å². The van der Waals surface area contributed by atoms with Crippen LogP contribution in [0, 0.1) is 13.8 Å². The number of aryl methyl sites for hydroxylation is 1. The minimum Gasteiger partial charge on any atom is -0.478 e. The predicted molar refractivity (Wildman–Crippen MR) is 121 cm³/mol. The molecule has 9 nitrogen and oxygen atoms in total. The molecule has 0 spiro atoms. The fraction of sp³-hybridized carbons (Fsp3) is 0.240. The van der Waals surface area contributed by atoms with Crippen LogP contribution in [-0.4, -0.2) is 41.7 Å². The number of ketones is 1. The van der Waals surface area contributed by atoms with Gasteiger partial charge in [-0.1, -0.05) is 12.1 Å². The second kappa shape index (κ2) is 8.58. The lowest BCUT2D eigenvalue weighted by atomic mass is 10.1. The zero-order chi connectivity index (χ0) is 23.8. The Balaban J connectivity index is 1.23. The van der Waals surface area contributed by atoms with Crippen molar-refractivity contribution >= 4 is 23.3 Å². The van der Waals surface area contributed by atoms with Crippen molar-refractivity contribution in [3.8, 4) is 22.9 Å². The highest BCUT2D eigenvalue weighted by Crippen LogP contribution is 2.35. The van der Waals surface area contributed by atoms with Gasteiger partial charge in [-0.2, -0.15) is 0 Å². The maximum absolute atomic E-state index is 12.8. The molecule has 1 N–H and O–H groups in total. The van der Waals surface area contributed by atoms with Crippen LogP contribution in [0.25, 0.3) is 5.69 Å². The van der Waals surface area contributed by atoms with E-state index in [1.165, 1.54) is 0 Å². The molecule has 3 aromatic rings. The summed E-state index contributed by atoms with van der Waals surface area (Å²) in [4.78, 5) is 37.4. The number of amides is 1. The van der Waals surface area contributed by atoms with E-state index < -0.39 is 24.6 Å². The number of esters is 1. The van der Waals surface area contributed by atoms with E-state index in [4.69, 9.17) is 18.9 Å². The first-order valence-electron chi connectivity index (χ1n) is 10.7. The second-order valence-corrected chi connectivity index (χ2v) is 8.04. The smallest absolute Gasteiger partial charge is 0.310 e. The number of anilines is 1. The number of benzene rings is 2. The number of nitrogens with zero attached hydrogens (tertiary/aromatic N) is 1. The normalized spacial score (nSPS) is 15.8. The van der Waals surface area contributed by atoms with Gasteiger partial charge in [0.15, 0.2) is 24.2 Å². The van der Waals surface area contributed by atoms with Crippen molar-refractivity contribution in [2.24, 2.45) is 0 Å². The summed E-state index contributed by atoms with van der Waals surface area (Å²) in [5.41, 5.74) is 3.38. The molecule has 2 aromatic carbocycles. The molecule has 1 atom stereocenters. The summed E-state index contributed by atoms with van der Waals surface area (Å²) in [6.45, 7) is 3.45. The summed E-state index contributed by atoms with van der Waals surface area (Å²) >= 11 is 0. The zero-order valence-electron chi connectivity index (χ0n) is 18.6. The molecule has 0 fully saturated rings. The molecule has 9 heteroatoms. The maximum Gasteiger partial charge on any atom is 0.310 e. The van der Waals surface area contributed by atoms with Gasteiger partial charge in [0.25, 0.3) is 5.91 Å². The Labute approximate surface area is 195 Å². The molecule has 0 saturated carbocycles. The largest absolute Gasteiger partial charge is 0.478 e. The van der Waals surface area contributed by atoms with E-state index in [1.807, 2.05) is 36.6 Å². The molecule has 1 aromatic heterocycles. The highest BCUT2D eigenvalue weighted by atomic mass is 16.7. The van der Waals surface area contributed by atoms with Crippen molar-refractivity contribution < 1.29 is 33.3 Å². The zero-order valence-corrected chi connectivity index (χ0v) is 18.6. The van der Waals surface area contributed by atoms with Gasteiger partial charge in [-0.05, 0) is 44.2 Å². The van der Waals surface area contributed by atoms with Crippen molar-refractivity contribution in [2.45, 2.75) is 26.4 Å². The number of aromatic nitrogens is 1. The molecule has 5 rings (SSSR count). The molecule has 2 aliphatic rings. The number of rotatable bonds is 6. The molecule has 174 valence electrons. The number of Topliss-reactive ketones (excluding diaryl/α,β-unsaturated/α-hetero) is 1. The molecular formula is C25H22N2O7. The van der Waals surface area contributed by atoms with Gasteiger partial charge in [0, 0.05) is 28.7 Å². The quantitative estimate of drug-likeness (QED) is 0.442. The van der Waals surface area contributed by atoms with Crippen LogP contribution in [0.4, 0.5) is 5.69 Å². The van der Waals surface area contributed by atoms with Crippen molar-refractivity contribution in [2.75, 3.05) is 18.7 Å². The van der Waals surface area contributed by atoms with Gasteiger partial charge in [-0.15, -0.1) is 0 Å². The first-order valence-corrected chi connectivity index (χ1v) is 10.7. The molecule has 3 heterocycles. The summed E-state index contributed by atoms with van der Waals surface area (Å²) in [5.74, 6) is 0.323. The Morgan fingerprint density at radius 2 is 1.85 bits per heavy atom. The van der Waals surface area contributed by atoms with E-state index in [2.05, 4.69) is 5.32 Å². The number of carbonyl (C=O) groups is 3. The summed E-state index contributed by atoms with van der Waals surface area (Å²) in [6, 6.07) is 14.3. The topological polar surface area (TPSA) is 105 Å². The number of ether oxygens (including phenoxy) is 4. The van der Waals surface area contributed by atoms with Crippen LogP contribution in [0.15, 0.2) is 48.5 Å². The van der Waals surface area contributed by atoms with Gasteiger partial charge in [0.2, 0.25) is 12.6 Å². The Morgan fingerprint density at radius 1 is 1.06 bits per heavy atom. The minimum atomic E-state index is -1.02. The lowest BCUT2D eigenvalue weighted by molar-refractivity contribution is -0.146. The summed E-state index contributed by atoms with van der Waals surface area (Å²) in [6.07, 6.45) is -1.32. The fourth-order valence-electron chi connectivity index (χ4n) is 4.13. The number of nitrogens with one attached hydrogen (secondary N) is 1. The van der Waals surface area contributed by atoms with Gasteiger partial charge in [-0.3, -0.25) is 14.4 Å². The lowest BCUT2D eigenvalue weighted by Gasteiger charge is -2.25. The van der Waals surface area contributed by atoms with Crippen LogP contribution in [0.2, 0.25) is 0 Å². The van der Waals surface area contributed by atoms with E-state index >= 15 is 0 Å². The molecular weight excluding hydrogens is 440 g/mol. The lowest BCUT2D eigenvalue weighted by Crippen LogP contribution is -2.39. The number of carbonyl (C=O) groups excluding carboxylic acids is 3. The monoisotopic (exact) mass is 462 g/mol. The Bertz CT molecular complexity index is 1310. The molecule has 0 aliphatic carbocycles. The maximum atomic E-state index is 12.8. The molecule has 1 amide bonds. The SMILES string of the molecule is Cc1cc(C(=O)COC(=O)CC2Oc3ccccc3NC2=O)c(C)n1-c1ccc2c(c1)OCO2. The van der Waals surface area contributed by atoms with Crippen LogP contribution in [-0.2, 0) is 14.3 Å². The number of hydrogen-bond acceptors (Lipinski definition) is 7. The summed E-state index contributed by atoms with van der Waals surface area (Å²) in [5, 5.41) is 2.70. The second-order valence-electron chi connectivity index (χ2n) is 8.04. The molecule has 1 unspecified atom stereocenters. The highest BCUT2D eigenvalue weighted by molar-refractivity contribution is 6.01. The third-order valence-corrected chi connectivity index (χ3v) is 5.77. The van der Waals surface area contributed by atoms with E-state index in [0.29, 0.717) is 34.2 Å².